The molecule has 0 amide bonds. The van der Waals surface area contributed by atoms with Crippen LogP contribution in [-0.4, -0.2) is 30.9 Å². The highest BCUT2D eigenvalue weighted by Gasteiger charge is 2.33. The zero-order valence-corrected chi connectivity index (χ0v) is 12.6. The maximum atomic E-state index is 13.3. The standard InChI is InChI=1S/C14H20FNO3S/c1-14(2)5-7-16(8-6-14)20(18,19)13-9-12(15)4-3-11(13)10-17/h3-4,9,17H,5-8,10H2,1-2H3. The van der Waals surface area contributed by atoms with E-state index in [0.29, 0.717) is 13.1 Å². The lowest BCUT2D eigenvalue weighted by Crippen LogP contribution is -2.41. The van der Waals surface area contributed by atoms with Crippen LogP contribution in [0.1, 0.15) is 32.3 Å². The Labute approximate surface area is 119 Å². The van der Waals surface area contributed by atoms with Gasteiger partial charge >= 0.3 is 0 Å². The van der Waals surface area contributed by atoms with Gasteiger partial charge in [-0.2, -0.15) is 4.31 Å². The molecule has 112 valence electrons. The predicted molar refractivity (Wildman–Crippen MR) is 74.1 cm³/mol. The van der Waals surface area contributed by atoms with Gasteiger partial charge in [-0.05, 0) is 36.0 Å². The molecule has 1 saturated heterocycles. The monoisotopic (exact) mass is 301 g/mol. The first-order chi connectivity index (χ1) is 9.26. The number of piperidine rings is 1. The normalized spacial score (nSPS) is 20.0. The third-order valence-electron chi connectivity index (χ3n) is 3.89. The first-order valence-corrected chi connectivity index (χ1v) is 8.10. The van der Waals surface area contributed by atoms with E-state index in [1.54, 1.807) is 0 Å². The lowest BCUT2D eigenvalue weighted by atomic mass is 9.83. The van der Waals surface area contributed by atoms with Gasteiger partial charge in [0.05, 0.1) is 11.5 Å². The van der Waals surface area contributed by atoms with Crippen molar-refractivity contribution in [1.82, 2.24) is 4.31 Å². The Hall–Kier alpha value is -0.980. The van der Waals surface area contributed by atoms with Crippen molar-refractivity contribution in [2.75, 3.05) is 13.1 Å². The molecule has 1 aromatic rings. The molecule has 1 heterocycles. The predicted octanol–water partition coefficient (Wildman–Crippen LogP) is 2.13. The van der Waals surface area contributed by atoms with E-state index in [-0.39, 0.29) is 15.9 Å². The topological polar surface area (TPSA) is 57.6 Å². The molecule has 0 bridgehead atoms. The van der Waals surface area contributed by atoms with E-state index < -0.39 is 22.4 Å². The van der Waals surface area contributed by atoms with Crippen molar-refractivity contribution >= 4 is 10.0 Å². The first-order valence-electron chi connectivity index (χ1n) is 6.66. The van der Waals surface area contributed by atoms with Crippen molar-refractivity contribution in [1.29, 1.82) is 0 Å². The maximum absolute atomic E-state index is 13.3. The van der Waals surface area contributed by atoms with Gasteiger partial charge in [0.2, 0.25) is 10.0 Å². The fourth-order valence-corrected chi connectivity index (χ4v) is 4.04. The summed E-state index contributed by atoms with van der Waals surface area (Å²) >= 11 is 0. The summed E-state index contributed by atoms with van der Waals surface area (Å²) in [5.74, 6) is -0.613. The number of aliphatic hydroxyl groups is 1. The summed E-state index contributed by atoms with van der Waals surface area (Å²) in [5, 5.41) is 9.25. The third-order valence-corrected chi connectivity index (χ3v) is 5.87. The van der Waals surface area contributed by atoms with Crippen LogP contribution in [0.5, 0.6) is 0 Å². The SMILES string of the molecule is CC1(C)CCN(S(=O)(=O)c2cc(F)ccc2CO)CC1. The van der Waals surface area contributed by atoms with Crippen LogP contribution < -0.4 is 0 Å². The van der Waals surface area contributed by atoms with Gasteiger partial charge in [-0.3, -0.25) is 0 Å². The number of nitrogens with zero attached hydrogens (tertiary/aromatic N) is 1. The van der Waals surface area contributed by atoms with Crippen molar-refractivity contribution in [3.05, 3.63) is 29.6 Å². The highest BCUT2D eigenvalue weighted by Crippen LogP contribution is 2.33. The van der Waals surface area contributed by atoms with E-state index in [2.05, 4.69) is 13.8 Å². The van der Waals surface area contributed by atoms with Crippen LogP contribution in [0, 0.1) is 11.2 Å². The molecule has 0 atom stereocenters. The zero-order valence-electron chi connectivity index (χ0n) is 11.8. The molecule has 6 heteroatoms. The molecule has 1 N–H and O–H groups in total. The van der Waals surface area contributed by atoms with Crippen LogP contribution in [-0.2, 0) is 16.6 Å². The second kappa shape index (κ2) is 5.42. The summed E-state index contributed by atoms with van der Waals surface area (Å²) < 4.78 is 39.9. The number of benzene rings is 1. The van der Waals surface area contributed by atoms with Crippen LogP contribution in [0.25, 0.3) is 0 Å². The van der Waals surface area contributed by atoms with Crippen molar-refractivity contribution in [2.24, 2.45) is 5.41 Å². The molecule has 0 radical (unpaired) electrons. The molecule has 20 heavy (non-hydrogen) atoms. The molecule has 0 unspecified atom stereocenters. The highest BCUT2D eigenvalue weighted by molar-refractivity contribution is 7.89. The number of hydrogen-bond acceptors (Lipinski definition) is 3. The quantitative estimate of drug-likeness (QED) is 0.930. The van der Waals surface area contributed by atoms with Gasteiger partial charge in [0.15, 0.2) is 0 Å². The number of aliphatic hydroxyl groups excluding tert-OH is 1. The first kappa shape index (κ1) is 15.4. The minimum absolute atomic E-state index is 0.125. The Morgan fingerprint density at radius 2 is 1.90 bits per heavy atom. The van der Waals surface area contributed by atoms with Crippen molar-refractivity contribution in [3.63, 3.8) is 0 Å². The molecule has 0 aliphatic carbocycles. The fraction of sp³-hybridized carbons (Fsp3) is 0.571. The Kier molecular flexibility index (Phi) is 4.18. The highest BCUT2D eigenvalue weighted by atomic mass is 32.2. The summed E-state index contributed by atoms with van der Waals surface area (Å²) in [6.07, 6.45) is 1.55. The lowest BCUT2D eigenvalue weighted by Gasteiger charge is -2.36. The van der Waals surface area contributed by atoms with E-state index in [1.165, 1.54) is 10.4 Å². The Morgan fingerprint density at radius 1 is 1.30 bits per heavy atom. The molecule has 1 aromatic carbocycles. The van der Waals surface area contributed by atoms with Crippen molar-refractivity contribution in [3.8, 4) is 0 Å². The van der Waals surface area contributed by atoms with Crippen LogP contribution >= 0.6 is 0 Å². The van der Waals surface area contributed by atoms with E-state index in [1.807, 2.05) is 0 Å². The number of rotatable bonds is 3. The Balaban J connectivity index is 2.34. The molecule has 1 aliphatic rings. The van der Waals surface area contributed by atoms with Crippen LogP contribution in [0.2, 0.25) is 0 Å². The van der Waals surface area contributed by atoms with E-state index in [0.717, 1.165) is 25.0 Å². The van der Waals surface area contributed by atoms with E-state index in [4.69, 9.17) is 0 Å². The van der Waals surface area contributed by atoms with Crippen LogP contribution in [0.4, 0.5) is 4.39 Å². The van der Waals surface area contributed by atoms with E-state index >= 15 is 0 Å². The number of hydrogen-bond donors (Lipinski definition) is 1. The molecule has 1 aliphatic heterocycles. The van der Waals surface area contributed by atoms with Gasteiger partial charge in [-0.25, -0.2) is 12.8 Å². The molecular weight excluding hydrogens is 281 g/mol. The second-order valence-electron chi connectivity index (χ2n) is 5.98. The molecule has 2 rings (SSSR count). The fourth-order valence-electron chi connectivity index (χ4n) is 2.37. The molecular formula is C14H20FNO3S. The van der Waals surface area contributed by atoms with Crippen LogP contribution in [0.15, 0.2) is 23.1 Å². The van der Waals surface area contributed by atoms with E-state index in [9.17, 15) is 17.9 Å². The Bertz CT molecular complexity index is 588. The maximum Gasteiger partial charge on any atom is 0.243 e. The summed E-state index contributed by atoms with van der Waals surface area (Å²) in [6.45, 7) is 4.65. The average molecular weight is 301 g/mol. The summed E-state index contributed by atoms with van der Waals surface area (Å²) in [7, 11) is -3.74. The van der Waals surface area contributed by atoms with Gasteiger partial charge in [-0.15, -0.1) is 0 Å². The van der Waals surface area contributed by atoms with Gasteiger partial charge < -0.3 is 5.11 Å². The van der Waals surface area contributed by atoms with Gasteiger partial charge in [0, 0.05) is 13.1 Å². The summed E-state index contributed by atoms with van der Waals surface area (Å²) in [5.41, 5.74) is 0.365. The van der Waals surface area contributed by atoms with Gasteiger partial charge in [-0.1, -0.05) is 19.9 Å². The molecule has 0 aromatic heterocycles. The Morgan fingerprint density at radius 3 is 2.45 bits per heavy atom. The zero-order chi connectivity index (χ0) is 15.0. The largest absolute Gasteiger partial charge is 0.392 e. The second-order valence-corrected chi connectivity index (χ2v) is 7.88. The minimum Gasteiger partial charge on any atom is -0.392 e. The van der Waals surface area contributed by atoms with Crippen molar-refractivity contribution < 1.29 is 17.9 Å². The summed E-state index contributed by atoms with van der Waals surface area (Å²) in [4.78, 5) is -0.125. The number of sulfonamides is 1. The molecule has 4 nitrogen and oxygen atoms in total. The molecule has 0 spiro atoms. The van der Waals surface area contributed by atoms with Crippen LogP contribution in [0.3, 0.4) is 0 Å². The third kappa shape index (κ3) is 3.02. The van der Waals surface area contributed by atoms with Crippen molar-refractivity contribution in [2.45, 2.75) is 38.2 Å². The lowest BCUT2D eigenvalue weighted by molar-refractivity contribution is 0.195. The van der Waals surface area contributed by atoms with Gasteiger partial charge in [0.1, 0.15) is 5.82 Å². The molecule has 0 saturated carbocycles. The van der Waals surface area contributed by atoms with Gasteiger partial charge in [0.25, 0.3) is 0 Å². The minimum atomic E-state index is -3.74. The average Bonchev–Trinajstić information content (AvgIpc) is 2.38. The molecule has 1 fully saturated rings. The number of halogens is 1. The smallest absolute Gasteiger partial charge is 0.243 e. The summed E-state index contributed by atoms with van der Waals surface area (Å²) in [6, 6.07) is 3.46.